The molecule has 0 saturated heterocycles. The Bertz CT molecular complexity index is 2050. The first-order valence-electron chi connectivity index (χ1n) is 20.1. The van der Waals surface area contributed by atoms with Gasteiger partial charge in [-0.2, -0.15) is 11.8 Å². The minimum absolute atomic E-state index is 0.0345. The Kier molecular flexibility index (Phi) is 22.9. The molecule has 25 nitrogen and oxygen atoms in total. The Balaban J connectivity index is 2.39. The van der Waals surface area contributed by atoms with Crippen molar-refractivity contribution < 1.29 is 73.2 Å². The minimum Gasteiger partial charge on any atom is -0.481 e. The lowest BCUT2D eigenvalue weighted by molar-refractivity contribution is -0.144. The van der Waals surface area contributed by atoms with Crippen LogP contribution in [0.1, 0.15) is 63.4 Å². The summed E-state index contributed by atoms with van der Waals surface area (Å²) in [7, 11) is 0. The van der Waals surface area contributed by atoms with Crippen LogP contribution in [0.15, 0.2) is 30.5 Å². The molecule has 26 heteroatoms. The zero-order valence-electron chi connectivity index (χ0n) is 35.3. The lowest BCUT2D eigenvalue weighted by atomic mass is 10.0. The number of aromatic nitrogens is 1. The Morgan fingerprint density at radius 2 is 1.11 bits per heavy atom. The number of aliphatic carboxylic acids is 4. The number of aromatic amines is 1. The Hall–Kier alpha value is -6.80. The van der Waals surface area contributed by atoms with Gasteiger partial charge in [0.2, 0.25) is 41.4 Å². The summed E-state index contributed by atoms with van der Waals surface area (Å²) in [6.07, 6.45) is -0.535. The zero-order chi connectivity index (χ0) is 48.8. The third-order valence-electron chi connectivity index (χ3n) is 9.60. The summed E-state index contributed by atoms with van der Waals surface area (Å²) in [5.41, 5.74) is 17.6. The van der Waals surface area contributed by atoms with Crippen LogP contribution < -0.4 is 49.1 Å². The van der Waals surface area contributed by atoms with E-state index in [2.05, 4.69) is 36.9 Å². The second-order valence-electron chi connectivity index (χ2n) is 14.7. The van der Waals surface area contributed by atoms with Gasteiger partial charge in [-0.1, -0.05) is 18.2 Å². The van der Waals surface area contributed by atoms with Crippen molar-refractivity contribution in [3.8, 4) is 0 Å². The number of nitrogens with one attached hydrogen (secondary N) is 7. The fraction of sp³-hybridized carbons (Fsp3) is 0.513. The number of carbonyl (C=O) groups is 11. The molecule has 0 bridgehead atoms. The summed E-state index contributed by atoms with van der Waals surface area (Å²) >= 11 is 1.21. The van der Waals surface area contributed by atoms with Crippen LogP contribution in [-0.4, -0.2) is 151 Å². The van der Waals surface area contributed by atoms with Crippen LogP contribution in [0, 0.1) is 0 Å². The molecule has 0 radical (unpaired) electrons. The smallest absolute Gasteiger partial charge is 0.326 e. The number of rotatable bonds is 31. The van der Waals surface area contributed by atoms with Gasteiger partial charge in [-0.15, -0.1) is 0 Å². The molecular weight excluding hydrogens is 881 g/mol. The lowest BCUT2D eigenvalue weighted by Gasteiger charge is -2.27. The van der Waals surface area contributed by atoms with Gasteiger partial charge in [0, 0.05) is 29.9 Å². The number of benzene rings is 1. The number of carboxylic acids is 4. The minimum atomic E-state index is -2.03. The summed E-state index contributed by atoms with van der Waals surface area (Å²) in [5, 5.41) is 52.5. The maximum Gasteiger partial charge on any atom is 0.326 e. The fourth-order valence-corrected chi connectivity index (χ4v) is 6.71. The summed E-state index contributed by atoms with van der Waals surface area (Å²) in [6, 6.07) is -4.84. The number of thioether (sulfide) groups is 1. The number of carboxylic acid groups (broad SMARTS) is 4. The number of H-pyrrole nitrogens is 1. The second kappa shape index (κ2) is 27.4. The summed E-state index contributed by atoms with van der Waals surface area (Å²) < 4.78 is 0. The van der Waals surface area contributed by atoms with Gasteiger partial charge in [0.1, 0.15) is 36.3 Å². The van der Waals surface area contributed by atoms with E-state index >= 15 is 0 Å². The van der Waals surface area contributed by atoms with E-state index in [-0.39, 0.29) is 31.6 Å². The van der Waals surface area contributed by atoms with Crippen molar-refractivity contribution in [2.75, 3.05) is 18.6 Å². The molecule has 358 valence electrons. The molecule has 7 atom stereocenters. The highest BCUT2D eigenvalue weighted by Gasteiger charge is 2.35. The number of para-hydroxylation sites is 1. The SMILES string of the molecule is CSCC[C@H](NC(=O)[C@H](CC(=O)O)NC(=O)[C@H](CC(=O)O)NC(=O)[C@H](Cc1c[nH]c2ccccc12)NC(=O)[C@@H](N)CC(N)=O)C(=O)N[C@@H](CCC(=O)O)C(=O)N[C@@H](CCCCN)C(=O)O. The molecular formula is C39H56N10O15S. The zero-order valence-corrected chi connectivity index (χ0v) is 36.1. The van der Waals surface area contributed by atoms with Crippen molar-refractivity contribution in [2.45, 2.75) is 107 Å². The largest absolute Gasteiger partial charge is 0.481 e. The first-order valence-corrected chi connectivity index (χ1v) is 21.5. The molecule has 1 aromatic carbocycles. The average molecular weight is 937 g/mol. The summed E-state index contributed by atoms with van der Waals surface area (Å²) in [4.78, 5) is 143. The monoisotopic (exact) mass is 936 g/mol. The van der Waals surface area contributed by atoms with Gasteiger partial charge in [-0.3, -0.25) is 47.9 Å². The molecule has 65 heavy (non-hydrogen) atoms. The van der Waals surface area contributed by atoms with E-state index in [1.807, 2.05) is 0 Å². The van der Waals surface area contributed by atoms with Gasteiger partial charge in [0.05, 0.1) is 25.3 Å². The maximum absolute atomic E-state index is 13.8. The first-order chi connectivity index (χ1) is 30.7. The molecule has 2 rings (SSSR count). The van der Waals surface area contributed by atoms with Crippen LogP contribution in [0.3, 0.4) is 0 Å². The van der Waals surface area contributed by atoms with Crippen LogP contribution in [-0.2, 0) is 59.2 Å². The predicted molar refractivity (Wildman–Crippen MR) is 230 cm³/mol. The number of nitrogens with two attached hydrogens (primary N) is 3. The standard InChI is InChI=1S/C39H56N10O15S/c1-65-13-11-24(35(59)44-23(9-10-30(51)52)34(58)46-25(39(63)64)8-4-5-12-40)45-37(61)27(16-31(53)54)49-38(62)28(17-32(55)56)48-36(60)26(47-33(57)21(41)15-29(42)50)14-19-18-43-22-7-3-2-6-20(19)22/h2-3,6-7,18,21,23-28,43H,4-5,8-17,40-41H2,1H3,(H2,42,50)(H,44,59)(H,45,61)(H,46,58)(H,47,57)(H,48,60)(H,49,62)(H,51,52)(H,53,54)(H,55,56)(H,63,64)/t21-,23-,24-,25-,26-,27-,28-/m0/s1. The van der Waals surface area contributed by atoms with Crippen molar-refractivity contribution in [2.24, 2.45) is 17.2 Å². The highest BCUT2D eigenvalue weighted by atomic mass is 32.2. The van der Waals surface area contributed by atoms with E-state index in [1.165, 1.54) is 18.0 Å². The fourth-order valence-electron chi connectivity index (χ4n) is 6.24. The Morgan fingerprint density at radius 3 is 1.62 bits per heavy atom. The third-order valence-corrected chi connectivity index (χ3v) is 10.2. The maximum atomic E-state index is 13.8. The van der Waals surface area contributed by atoms with Gasteiger partial charge in [0.15, 0.2) is 0 Å². The Morgan fingerprint density at radius 1 is 0.615 bits per heavy atom. The quantitative estimate of drug-likeness (QED) is 0.0328. The molecule has 0 fully saturated rings. The van der Waals surface area contributed by atoms with E-state index in [9.17, 15) is 73.2 Å². The van der Waals surface area contributed by atoms with Gasteiger partial charge in [-0.25, -0.2) is 4.79 Å². The molecule has 1 heterocycles. The van der Waals surface area contributed by atoms with E-state index in [4.69, 9.17) is 17.2 Å². The van der Waals surface area contributed by atoms with Gasteiger partial charge < -0.3 is 74.5 Å². The third kappa shape index (κ3) is 19.2. The van der Waals surface area contributed by atoms with Crippen molar-refractivity contribution in [1.29, 1.82) is 0 Å². The molecule has 0 saturated carbocycles. The highest BCUT2D eigenvalue weighted by Crippen LogP contribution is 2.19. The van der Waals surface area contributed by atoms with Crippen molar-refractivity contribution in [1.82, 2.24) is 36.9 Å². The second-order valence-corrected chi connectivity index (χ2v) is 15.7. The lowest BCUT2D eigenvalue weighted by Crippen LogP contribution is -2.60. The number of carbonyl (C=O) groups excluding carboxylic acids is 7. The van der Waals surface area contributed by atoms with E-state index < -0.39 is 140 Å². The molecule has 17 N–H and O–H groups in total. The van der Waals surface area contributed by atoms with Crippen LogP contribution >= 0.6 is 11.8 Å². The first kappa shape index (κ1) is 54.3. The van der Waals surface area contributed by atoms with E-state index in [0.29, 0.717) is 29.3 Å². The number of fused-ring (bicyclic) bond motifs is 1. The van der Waals surface area contributed by atoms with E-state index in [1.54, 1.807) is 30.5 Å². The molecule has 0 aliphatic heterocycles. The molecule has 0 aliphatic rings. The topological polar surface area (TPSA) is 435 Å². The van der Waals surface area contributed by atoms with Crippen LogP contribution in [0.5, 0.6) is 0 Å². The number of unbranched alkanes of at least 4 members (excludes halogenated alkanes) is 1. The number of hydrogen-bond donors (Lipinski definition) is 14. The molecule has 0 aliphatic carbocycles. The molecule has 1 aromatic heterocycles. The van der Waals surface area contributed by atoms with Crippen LogP contribution in [0.4, 0.5) is 0 Å². The molecule has 0 spiro atoms. The molecule has 2 aromatic rings. The number of amides is 7. The van der Waals surface area contributed by atoms with Gasteiger partial charge in [0.25, 0.3) is 0 Å². The van der Waals surface area contributed by atoms with Crippen LogP contribution in [0.25, 0.3) is 10.9 Å². The summed E-state index contributed by atoms with van der Waals surface area (Å²) in [6.45, 7) is 0.253. The van der Waals surface area contributed by atoms with Crippen molar-refractivity contribution in [3.63, 3.8) is 0 Å². The van der Waals surface area contributed by atoms with Crippen molar-refractivity contribution >= 4 is 87.9 Å². The normalized spacial score (nSPS) is 14.2. The van der Waals surface area contributed by atoms with E-state index in [0.717, 1.165) is 0 Å². The Labute approximate surface area is 375 Å². The molecule has 7 amide bonds. The van der Waals surface area contributed by atoms with Crippen LogP contribution in [0.2, 0.25) is 0 Å². The molecule has 0 unspecified atom stereocenters. The van der Waals surface area contributed by atoms with Gasteiger partial charge >= 0.3 is 23.9 Å². The predicted octanol–water partition coefficient (Wildman–Crippen LogP) is -3.40. The summed E-state index contributed by atoms with van der Waals surface area (Å²) in [5.74, 6) is -13.7. The number of primary amides is 1. The number of hydrogen-bond acceptors (Lipinski definition) is 14. The highest BCUT2D eigenvalue weighted by molar-refractivity contribution is 7.98. The van der Waals surface area contributed by atoms with Crippen molar-refractivity contribution in [3.05, 3.63) is 36.0 Å². The van der Waals surface area contributed by atoms with Gasteiger partial charge in [-0.05, 0) is 62.3 Å². The average Bonchev–Trinajstić information content (AvgIpc) is 3.64.